The fourth-order valence-corrected chi connectivity index (χ4v) is 6.79. The topological polar surface area (TPSA) is 194 Å². The van der Waals surface area contributed by atoms with E-state index in [-0.39, 0.29) is 29.5 Å². The molecule has 1 saturated heterocycles. The number of anilines is 1. The second kappa shape index (κ2) is 9.86. The van der Waals surface area contributed by atoms with Gasteiger partial charge in [0.15, 0.2) is 11.4 Å². The fraction of sp³-hybridized carbons (Fsp3) is 0.500. The summed E-state index contributed by atoms with van der Waals surface area (Å²) in [4.78, 5) is 57.6. The van der Waals surface area contributed by atoms with Crippen molar-refractivity contribution in [2.24, 2.45) is 17.6 Å². The molecule has 1 aliphatic heterocycles. The molecule has 1 saturated carbocycles. The van der Waals surface area contributed by atoms with E-state index in [1.165, 1.54) is 9.80 Å². The molecule has 2 amide bonds. The van der Waals surface area contributed by atoms with Gasteiger partial charge in [0, 0.05) is 44.4 Å². The zero-order valence-electron chi connectivity index (χ0n) is 23.3. The van der Waals surface area contributed by atoms with Crippen LogP contribution >= 0.6 is 0 Å². The van der Waals surface area contributed by atoms with Crippen molar-refractivity contribution in [3.05, 3.63) is 39.7 Å². The number of morpholine rings is 1. The lowest BCUT2D eigenvalue weighted by Crippen LogP contribution is -2.65. The molecule has 1 heterocycles. The van der Waals surface area contributed by atoms with E-state index < -0.39 is 69.7 Å². The van der Waals surface area contributed by atoms with Gasteiger partial charge < -0.3 is 40.7 Å². The molecule has 0 radical (unpaired) electrons. The van der Waals surface area contributed by atoms with Crippen molar-refractivity contribution < 1.29 is 44.3 Å². The van der Waals surface area contributed by atoms with Crippen LogP contribution in [0.25, 0.3) is 5.76 Å². The van der Waals surface area contributed by atoms with Gasteiger partial charge in [-0.3, -0.25) is 24.1 Å². The molecular weight excluding hydrogens is 536 g/mol. The number of phenols is 1. The molecule has 220 valence electrons. The van der Waals surface area contributed by atoms with Crippen LogP contribution in [-0.4, -0.2) is 120 Å². The number of phenolic OH excluding ortho intramolecular Hbond substituents is 1. The number of primary amides is 1. The van der Waals surface area contributed by atoms with E-state index >= 15 is 0 Å². The largest absolute Gasteiger partial charge is 0.508 e. The second-order valence-electron chi connectivity index (χ2n) is 11.4. The molecule has 41 heavy (non-hydrogen) atoms. The Bertz CT molecular complexity index is 1440. The smallest absolute Gasteiger partial charge is 0.257 e. The number of fused-ring (bicyclic) bond motifs is 3. The van der Waals surface area contributed by atoms with Crippen LogP contribution in [0.3, 0.4) is 0 Å². The number of carbonyl (C=O) groups excluding carboxylic acids is 4. The number of hydrogen-bond donors (Lipinski definition) is 5. The quantitative estimate of drug-likeness (QED) is 0.293. The van der Waals surface area contributed by atoms with Crippen LogP contribution in [0.2, 0.25) is 0 Å². The Labute approximate surface area is 236 Å². The minimum Gasteiger partial charge on any atom is -0.508 e. The number of carbonyl (C=O) groups is 4. The molecule has 1 aromatic carbocycles. The third kappa shape index (κ3) is 4.02. The zero-order valence-corrected chi connectivity index (χ0v) is 23.3. The number of rotatable bonds is 4. The molecule has 13 heteroatoms. The van der Waals surface area contributed by atoms with Crippen molar-refractivity contribution in [2.45, 2.75) is 24.5 Å². The highest BCUT2D eigenvalue weighted by atomic mass is 16.5. The van der Waals surface area contributed by atoms with E-state index in [0.717, 1.165) is 0 Å². The van der Waals surface area contributed by atoms with Gasteiger partial charge in [-0.1, -0.05) is 0 Å². The van der Waals surface area contributed by atoms with Crippen LogP contribution in [0.5, 0.6) is 5.75 Å². The van der Waals surface area contributed by atoms with Crippen molar-refractivity contribution in [3.8, 4) is 5.75 Å². The molecular formula is C28H34N4O9. The summed E-state index contributed by atoms with van der Waals surface area (Å²) in [5, 5.41) is 45.7. The normalized spacial score (nSPS) is 28.0. The van der Waals surface area contributed by atoms with E-state index in [0.29, 0.717) is 37.6 Å². The first-order chi connectivity index (χ1) is 19.2. The Morgan fingerprint density at radius 2 is 1.73 bits per heavy atom. The summed E-state index contributed by atoms with van der Waals surface area (Å²) >= 11 is 0. The maximum absolute atomic E-state index is 14.1. The number of nitrogens with two attached hydrogens (primary N) is 1. The first kappa shape index (κ1) is 28.6. The lowest BCUT2D eigenvalue weighted by molar-refractivity contribution is -0.153. The molecule has 2 fully saturated rings. The standard InChI is InChI=1S/C28H34N4O9/c1-30(2)16-11-14(27(39)32-5-7-41-8-6-32)21(33)18-13(16)9-12-10-15-20(31(3)4)23(35)19(26(29)38)25(37)28(15,40)24(36)17(12)22(18)34/h11-12,15,20,33-34,37,40H,5-10H2,1-4H3,(H2,29,38). The monoisotopic (exact) mass is 570 g/mol. The molecule has 4 aliphatic rings. The lowest BCUT2D eigenvalue weighted by atomic mass is 9.57. The predicted molar refractivity (Wildman–Crippen MR) is 145 cm³/mol. The number of Topliss-reactive ketones (excluding diaryl/α,β-unsaturated/α-hetero) is 2. The molecule has 1 aromatic rings. The van der Waals surface area contributed by atoms with E-state index in [4.69, 9.17) is 10.5 Å². The van der Waals surface area contributed by atoms with Gasteiger partial charge in [0.2, 0.25) is 5.78 Å². The molecule has 6 N–H and O–H groups in total. The highest BCUT2D eigenvalue weighted by Gasteiger charge is 2.64. The zero-order chi connectivity index (χ0) is 30.1. The summed E-state index contributed by atoms with van der Waals surface area (Å²) in [5.74, 6) is -7.88. The van der Waals surface area contributed by atoms with Gasteiger partial charge in [0.1, 0.15) is 22.8 Å². The van der Waals surface area contributed by atoms with Crippen molar-refractivity contribution in [2.75, 3.05) is 59.4 Å². The number of amides is 2. The molecule has 13 nitrogen and oxygen atoms in total. The Hall–Kier alpha value is -3.94. The van der Waals surface area contributed by atoms with E-state index in [1.807, 2.05) is 0 Å². The maximum Gasteiger partial charge on any atom is 0.257 e. The number of ketones is 2. The van der Waals surface area contributed by atoms with Crippen molar-refractivity contribution in [1.82, 2.24) is 9.80 Å². The van der Waals surface area contributed by atoms with Crippen molar-refractivity contribution in [3.63, 3.8) is 0 Å². The summed E-state index contributed by atoms with van der Waals surface area (Å²) in [7, 11) is 6.57. The number of likely N-dealkylation sites (N-methyl/N-ethyl adjacent to an activating group) is 1. The van der Waals surface area contributed by atoms with Crippen molar-refractivity contribution >= 4 is 34.8 Å². The minimum atomic E-state index is -2.73. The van der Waals surface area contributed by atoms with Crippen LogP contribution < -0.4 is 10.6 Å². The van der Waals surface area contributed by atoms with E-state index in [1.54, 1.807) is 39.2 Å². The van der Waals surface area contributed by atoms with Gasteiger partial charge >= 0.3 is 0 Å². The Morgan fingerprint density at radius 1 is 1.10 bits per heavy atom. The molecule has 4 unspecified atom stereocenters. The number of aromatic hydroxyl groups is 1. The lowest BCUT2D eigenvalue weighted by Gasteiger charge is -2.50. The van der Waals surface area contributed by atoms with Gasteiger partial charge in [-0.2, -0.15) is 0 Å². The Kier molecular flexibility index (Phi) is 6.87. The summed E-state index contributed by atoms with van der Waals surface area (Å²) in [6.45, 7) is 1.30. The van der Waals surface area contributed by atoms with Gasteiger partial charge in [0.05, 0.1) is 30.4 Å². The number of ether oxygens (including phenoxy) is 1. The summed E-state index contributed by atoms with van der Waals surface area (Å²) in [6.07, 6.45) is 0.107. The van der Waals surface area contributed by atoms with Gasteiger partial charge in [-0.05, 0) is 44.5 Å². The summed E-state index contributed by atoms with van der Waals surface area (Å²) in [6, 6.07) is 0.383. The number of benzene rings is 1. The van der Waals surface area contributed by atoms with Gasteiger partial charge in [-0.15, -0.1) is 0 Å². The van der Waals surface area contributed by atoms with Crippen LogP contribution in [0, 0.1) is 11.8 Å². The second-order valence-corrected chi connectivity index (χ2v) is 11.4. The van der Waals surface area contributed by atoms with Gasteiger partial charge in [-0.25, -0.2) is 0 Å². The van der Waals surface area contributed by atoms with Crippen LogP contribution in [0.4, 0.5) is 5.69 Å². The molecule has 4 atom stereocenters. The first-order valence-corrected chi connectivity index (χ1v) is 13.3. The maximum atomic E-state index is 14.1. The summed E-state index contributed by atoms with van der Waals surface area (Å²) < 4.78 is 5.32. The molecule has 3 aliphatic carbocycles. The number of aliphatic hydroxyl groups is 3. The minimum absolute atomic E-state index is 0.0200. The van der Waals surface area contributed by atoms with Crippen LogP contribution in [-0.2, 0) is 25.5 Å². The molecule has 0 aromatic heterocycles. The predicted octanol–water partition coefficient (Wildman–Crippen LogP) is -0.498. The number of nitrogens with zero attached hydrogens (tertiary/aromatic N) is 3. The number of hydrogen-bond acceptors (Lipinski definition) is 11. The third-order valence-electron chi connectivity index (χ3n) is 8.71. The van der Waals surface area contributed by atoms with Crippen LogP contribution in [0.15, 0.2) is 23.0 Å². The SMILES string of the molecule is CN(C)c1cc(C(=O)N2CCOCC2)c(O)c2c1CC1CC3C(N(C)C)C(=O)C(C(N)=O)=C(O)C3(O)C(=O)C1=C2O. The Morgan fingerprint density at radius 3 is 2.29 bits per heavy atom. The number of aliphatic hydroxyl groups excluding tert-OH is 2. The highest BCUT2D eigenvalue weighted by Crippen LogP contribution is 2.54. The van der Waals surface area contributed by atoms with E-state index in [2.05, 4.69) is 0 Å². The Balaban J connectivity index is 1.72. The van der Waals surface area contributed by atoms with Crippen LogP contribution in [0.1, 0.15) is 27.9 Å². The van der Waals surface area contributed by atoms with Gasteiger partial charge in [0.25, 0.3) is 11.8 Å². The summed E-state index contributed by atoms with van der Waals surface area (Å²) in [5.41, 5.74) is 2.32. The average Bonchev–Trinajstić information content (AvgIpc) is 2.90. The fourth-order valence-electron chi connectivity index (χ4n) is 6.79. The van der Waals surface area contributed by atoms with Crippen molar-refractivity contribution in [1.29, 1.82) is 0 Å². The first-order valence-electron chi connectivity index (χ1n) is 13.3. The molecule has 0 spiro atoms. The third-order valence-corrected chi connectivity index (χ3v) is 8.71. The van der Waals surface area contributed by atoms with E-state index in [9.17, 15) is 39.6 Å². The average molecular weight is 571 g/mol. The molecule has 5 rings (SSSR count). The highest BCUT2D eigenvalue weighted by molar-refractivity contribution is 6.24. The molecule has 0 bridgehead atoms.